The second kappa shape index (κ2) is 9.81. The number of benzene rings is 1. The molecule has 1 saturated carbocycles. The molecule has 6 atom stereocenters. The summed E-state index contributed by atoms with van der Waals surface area (Å²) in [5.41, 5.74) is -0.442. The van der Waals surface area contributed by atoms with Crippen LogP contribution < -0.4 is 10.2 Å². The fourth-order valence-corrected chi connectivity index (χ4v) is 6.68. The minimum absolute atomic E-state index is 0.0278. The average molecular weight is 577 g/mol. The molecular weight excluding hydrogens is 550 g/mol. The first kappa shape index (κ1) is 26.4. The van der Waals surface area contributed by atoms with Crippen LogP contribution in [0.15, 0.2) is 42.9 Å². The Labute approximate surface area is 238 Å². The number of anilines is 1. The number of carbonyl (C=O) groups excluding carboxylic acids is 2. The van der Waals surface area contributed by atoms with Gasteiger partial charge >= 0.3 is 6.09 Å². The molecule has 4 aliphatic rings. The van der Waals surface area contributed by atoms with E-state index in [2.05, 4.69) is 26.7 Å². The quantitative estimate of drug-likeness (QED) is 0.442. The number of ether oxygens (including phenoxy) is 1. The first-order chi connectivity index (χ1) is 20.3. The highest BCUT2D eigenvalue weighted by Crippen LogP contribution is 2.62. The number of β-amino-alcohol motifs (C(OH)–C–C–N with tert-alkyl or cyclic N) is 1. The Balaban J connectivity index is 1.05. The summed E-state index contributed by atoms with van der Waals surface area (Å²) in [6.07, 6.45) is 3.01. The summed E-state index contributed by atoms with van der Waals surface area (Å²) in [5.74, 6) is -1.98. The molecule has 3 saturated heterocycles. The Hall–Kier alpha value is -4.48. The summed E-state index contributed by atoms with van der Waals surface area (Å²) in [5, 5.41) is 30.4. The minimum Gasteiger partial charge on any atom is -0.442 e. The Morgan fingerprint density at radius 3 is 2.57 bits per heavy atom. The molecule has 0 radical (unpaired) electrons. The zero-order chi connectivity index (χ0) is 29.2. The number of piperidine rings is 1. The third-order valence-electron chi connectivity index (χ3n) is 8.83. The number of nitrogens with one attached hydrogen (secondary N) is 1. The molecule has 2 amide bonds. The molecule has 0 spiro atoms. The van der Waals surface area contributed by atoms with Crippen LogP contribution in [0, 0.1) is 34.8 Å². The molecule has 1 aliphatic carbocycles. The minimum atomic E-state index is -0.870. The zero-order valence-electron chi connectivity index (χ0n) is 22.2. The van der Waals surface area contributed by atoms with Gasteiger partial charge in [-0.25, -0.2) is 18.3 Å². The van der Waals surface area contributed by atoms with Gasteiger partial charge in [0, 0.05) is 49.4 Å². The Morgan fingerprint density at radius 1 is 1.21 bits per heavy atom. The van der Waals surface area contributed by atoms with Gasteiger partial charge in [-0.05, 0) is 24.6 Å². The Kier molecular flexibility index (Phi) is 6.17. The van der Waals surface area contributed by atoms with Crippen LogP contribution in [-0.2, 0) is 21.5 Å². The van der Waals surface area contributed by atoms with Crippen molar-refractivity contribution in [3.05, 3.63) is 60.2 Å². The molecule has 12 nitrogen and oxygen atoms in total. The first-order valence-electron chi connectivity index (χ1n) is 13.7. The number of aliphatic hydroxyl groups is 1. The number of rotatable bonds is 6. The van der Waals surface area contributed by atoms with Crippen molar-refractivity contribution >= 4 is 17.7 Å². The fraction of sp³-hybridized carbons (Fsp3) is 0.429. The van der Waals surface area contributed by atoms with Crippen LogP contribution >= 0.6 is 0 Å². The van der Waals surface area contributed by atoms with Crippen LogP contribution in [0.5, 0.6) is 0 Å². The van der Waals surface area contributed by atoms with E-state index in [0.717, 1.165) is 12.1 Å². The van der Waals surface area contributed by atoms with Gasteiger partial charge < -0.3 is 20.1 Å². The smallest absolute Gasteiger partial charge is 0.414 e. The topological polar surface area (TPSA) is 149 Å². The van der Waals surface area contributed by atoms with Gasteiger partial charge in [-0.15, -0.1) is 5.10 Å². The van der Waals surface area contributed by atoms with Crippen LogP contribution in [0.4, 0.5) is 19.3 Å². The van der Waals surface area contributed by atoms with Gasteiger partial charge in [0.25, 0.3) is 0 Å². The predicted molar refractivity (Wildman–Crippen MR) is 140 cm³/mol. The molecular formula is C28H26F2N8O4. The highest BCUT2D eigenvalue weighted by molar-refractivity contribution is 5.90. The third kappa shape index (κ3) is 4.19. The lowest BCUT2D eigenvalue weighted by molar-refractivity contribution is -0.132. The number of hydrogen-bond donors (Lipinski definition) is 2. The van der Waals surface area contributed by atoms with Crippen molar-refractivity contribution in [2.75, 3.05) is 31.1 Å². The molecule has 3 aliphatic heterocycles. The van der Waals surface area contributed by atoms with Crippen molar-refractivity contribution < 1.29 is 28.2 Å². The van der Waals surface area contributed by atoms with E-state index in [1.54, 1.807) is 17.2 Å². The monoisotopic (exact) mass is 576 g/mol. The van der Waals surface area contributed by atoms with Crippen LogP contribution in [0.2, 0.25) is 0 Å². The number of hydrogen-bond acceptors (Lipinski definition) is 9. The molecule has 2 N–H and O–H groups in total. The van der Waals surface area contributed by atoms with Crippen molar-refractivity contribution in [2.45, 2.75) is 36.6 Å². The van der Waals surface area contributed by atoms with Crippen LogP contribution in [0.3, 0.4) is 0 Å². The Bertz CT molecular complexity index is 1560. The zero-order valence-corrected chi connectivity index (χ0v) is 22.2. The summed E-state index contributed by atoms with van der Waals surface area (Å²) in [6, 6.07) is 7.27. The highest BCUT2D eigenvalue weighted by Gasteiger charge is 2.71. The van der Waals surface area contributed by atoms with Gasteiger partial charge in [0.1, 0.15) is 23.2 Å². The van der Waals surface area contributed by atoms with Gasteiger partial charge in [0.15, 0.2) is 0 Å². The van der Waals surface area contributed by atoms with E-state index in [0.29, 0.717) is 31.7 Å². The van der Waals surface area contributed by atoms with Crippen LogP contribution in [0.25, 0.3) is 11.1 Å². The largest absolute Gasteiger partial charge is 0.442 e. The van der Waals surface area contributed by atoms with Crippen LogP contribution in [-0.4, -0.2) is 86.4 Å². The van der Waals surface area contributed by atoms with E-state index in [-0.39, 0.29) is 47.6 Å². The number of nitrogens with zero attached hydrogens (tertiary/aromatic N) is 7. The summed E-state index contributed by atoms with van der Waals surface area (Å²) >= 11 is 0. The number of fused-ring (bicyclic) bond motifs is 1. The van der Waals surface area contributed by atoms with E-state index >= 15 is 8.78 Å². The number of carbonyl (C=O) groups is 2. The van der Waals surface area contributed by atoms with Crippen molar-refractivity contribution in [1.29, 1.82) is 5.26 Å². The second-order valence-electron chi connectivity index (χ2n) is 11.2. The van der Waals surface area contributed by atoms with Crippen molar-refractivity contribution in [3.63, 3.8) is 0 Å². The second-order valence-corrected chi connectivity index (χ2v) is 11.2. The van der Waals surface area contributed by atoms with Gasteiger partial charge in [-0.1, -0.05) is 11.3 Å². The predicted octanol–water partition coefficient (Wildman–Crippen LogP) is 1.22. The summed E-state index contributed by atoms with van der Waals surface area (Å²) in [7, 11) is 0. The molecule has 3 aromatic rings. The molecule has 14 heteroatoms. The lowest BCUT2D eigenvalue weighted by Gasteiger charge is -2.25. The molecule has 2 aromatic heterocycles. The summed E-state index contributed by atoms with van der Waals surface area (Å²) in [6.45, 7) is 1.56. The SMILES string of the molecule is N#CC1(c2ccc(-c3c(F)cc(N4C[C@H](Cn5ccnn5)OC4=O)cc3F)cn2)[C@@H]2CN(C(=O)[C@@H]3C[C@@H](O)CN3)C[C@@H]21. The van der Waals surface area contributed by atoms with E-state index < -0.39 is 41.4 Å². The number of nitriles is 1. The summed E-state index contributed by atoms with van der Waals surface area (Å²) in [4.78, 5) is 32.6. The molecule has 7 rings (SSSR count). The standard InChI is InChI=1S/C28H26F2N8O4/c29-21-5-16(38-11-18(42-27(38)41)10-37-4-3-34-35-37)6-22(30)25(21)15-1-2-24(33-8-15)28(14-31)19-12-36(13-20(19)28)26(40)23-7-17(39)9-32-23/h1-6,8,17-20,23,32,39H,7,9-13H2/t17-,18+,19-,20+,23+,28?/m1/s1. The maximum Gasteiger partial charge on any atom is 0.414 e. The lowest BCUT2D eigenvalue weighted by atomic mass is 9.95. The van der Waals surface area contributed by atoms with Gasteiger partial charge in [0.05, 0.1) is 54.4 Å². The average Bonchev–Trinajstić information content (AvgIpc) is 3.62. The number of pyridine rings is 1. The Morgan fingerprint density at radius 2 is 1.98 bits per heavy atom. The van der Waals surface area contributed by atoms with E-state index in [4.69, 9.17) is 4.74 Å². The molecule has 42 heavy (non-hydrogen) atoms. The first-order valence-corrected chi connectivity index (χ1v) is 13.7. The van der Waals surface area contributed by atoms with Gasteiger partial charge in [-0.3, -0.25) is 14.7 Å². The number of likely N-dealkylation sites (tertiary alicyclic amines) is 1. The molecule has 216 valence electrons. The van der Waals surface area contributed by atoms with E-state index in [9.17, 15) is 20.0 Å². The third-order valence-corrected chi connectivity index (χ3v) is 8.83. The van der Waals surface area contributed by atoms with Crippen molar-refractivity contribution in [1.82, 2.24) is 30.2 Å². The van der Waals surface area contributed by atoms with Gasteiger partial charge in [-0.2, -0.15) is 5.26 Å². The number of halogens is 2. The van der Waals surface area contributed by atoms with Gasteiger partial charge in [0.2, 0.25) is 5.91 Å². The van der Waals surface area contributed by atoms with Crippen LogP contribution in [0.1, 0.15) is 12.1 Å². The number of cyclic esters (lactones) is 1. The summed E-state index contributed by atoms with van der Waals surface area (Å²) < 4.78 is 37.4. The fourth-order valence-electron chi connectivity index (χ4n) is 6.68. The van der Waals surface area contributed by atoms with Crippen molar-refractivity contribution in [2.24, 2.45) is 11.8 Å². The molecule has 1 aromatic carbocycles. The normalized spacial score (nSPS) is 29.9. The molecule has 0 bridgehead atoms. The highest BCUT2D eigenvalue weighted by atomic mass is 19.1. The van der Waals surface area contributed by atoms with E-state index in [1.807, 2.05) is 0 Å². The number of aliphatic hydroxyl groups excluding tert-OH is 1. The maximum absolute atomic E-state index is 15.3. The maximum atomic E-state index is 15.3. The molecule has 4 fully saturated rings. The molecule has 5 heterocycles. The molecule has 1 unspecified atom stereocenters. The van der Waals surface area contributed by atoms with Crippen molar-refractivity contribution in [3.8, 4) is 17.2 Å². The number of aromatic nitrogens is 4. The lowest BCUT2D eigenvalue weighted by Crippen LogP contribution is -2.44. The number of amides is 2. The van der Waals surface area contributed by atoms with E-state index in [1.165, 1.54) is 28.0 Å².